The van der Waals surface area contributed by atoms with E-state index in [0.717, 1.165) is 28.3 Å². The predicted molar refractivity (Wildman–Crippen MR) is 79.5 cm³/mol. The molecule has 4 heteroatoms. The smallest absolute Gasteiger partial charge is 0.335 e. The van der Waals surface area contributed by atoms with E-state index in [1.54, 1.807) is 30.3 Å². The minimum Gasteiger partial charge on any atom is -0.478 e. The standard InChI is InChI=1S/C17H11NO3/c19-10-15-7-5-14-9-13(6-8-16(14)18-15)11-1-3-12(4-2-11)17(20)21/h1-10H,(H,20,21). The zero-order valence-corrected chi connectivity index (χ0v) is 11.0. The maximum atomic E-state index is 10.8. The summed E-state index contributed by atoms with van der Waals surface area (Å²) in [7, 11) is 0. The topological polar surface area (TPSA) is 67.3 Å². The van der Waals surface area contributed by atoms with Crippen molar-refractivity contribution in [2.75, 3.05) is 0 Å². The fourth-order valence-corrected chi connectivity index (χ4v) is 2.19. The van der Waals surface area contributed by atoms with Crippen molar-refractivity contribution in [1.82, 2.24) is 4.98 Å². The molecule has 0 amide bonds. The lowest BCUT2D eigenvalue weighted by Gasteiger charge is -2.05. The average molecular weight is 277 g/mol. The van der Waals surface area contributed by atoms with E-state index < -0.39 is 5.97 Å². The number of aromatic nitrogens is 1. The number of benzene rings is 2. The first-order valence-corrected chi connectivity index (χ1v) is 6.37. The Hall–Kier alpha value is -3.01. The van der Waals surface area contributed by atoms with Crippen LogP contribution in [0.5, 0.6) is 0 Å². The molecule has 0 spiro atoms. The molecule has 102 valence electrons. The molecule has 2 aromatic carbocycles. The summed E-state index contributed by atoms with van der Waals surface area (Å²) in [6.45, 7) is 0. The zero-order valence-electron chi connectivity index (χ0n) is 11.0. The number of aromatic carboxylic acids is 1. The second-order valence-electron chi connectivity index (χ2n) is 4.64. The summed E-state index contributed by atoms with van der Waals surface area (Å²) < 4.78 is 0. The molecule has 0 atom stereocenters. The highest BCUT2D eigenvalue weighted by molar-refractivity contribution is 5.90. The molecule has 1 aromatic heterocycles. The Balaban J connectivity index is 2.04. The van der Waals surface area contributed by atoms with Gasteiger partial charge in [0.1, 0.15) is 5.69 Å². The molecule has 0 unspecified atom stereocenters. The van der Waals surface area contributed by atoms with E-state index in [4.69, 9.17) is 5.11 Å². The summed E-state index contributed by atoms with van der Waals surface area (Å²) in [5.41, 5.74) is 3.32. The van der Waals surface area contributed by atoms with Gasteiger partial charge in [0.15, 0.2) is 6.29 Å². The quantitative estimate of drug-likeness (QED) is 0.745. The molecule has 0 aliphatic heterocycles. The number of carbonyl (C=O) groups is 2. The van der Waals surface area contributed by atoms with Crippen LogP contribution in [0.25, 0.3) is 22.0 Å². The Labute approximate surface area is 120 Å². The van der Waals surface area contributed by atoms with E-state index in [0.29, 0.717) is 5.69 Å². The maximum Gasteiger partial charge on any atom is 0.335 e. The zero-order chi connectivity index (χ0) is 14.8. The molecule has 0 saturated carbocycles. The molecule has 1 N–H and O–H groups in total. The van der Waals surface area contributed by atoms with Gasteiger partial charge in [-0.2, -0.15) is 0 Å². The summed E-state index contributed by atoms with van der Waals surface area (Å²) in [5, 5.41) is 9.83. The number of fused-ring (bicyclic) bond motifs is 1. The number of carboxylic acid groups (broad SMARTS) is 1. The molecular formula is C17H11NO3. The van der Waals surface area contributed by atoms with Crippen LogP contribution in [-0.4, -0.2) is 22.3 Å². The summed E-state index contributed by atoms with van der Waals surface area (Å²) in [6.07, 6.45) is 0.720. The molecule has 3 rings (SSSR count). The summed E-state index contributed by atoms with van der Waals surface area (Å²) in [4.78, 5) is 25.8. The number of carboxylic acids is 1. The maximum absolute atomic E-state index is 10.8. The normalized spacial score (nSPS) is 10.5. The van der Waals surface area contributed by atoms with Crippen LogP contribution in [0.1, 0.15) is 20.8 Å². The van der Waals surface area contributed by atoms with Crippen LogP contribution >= 0.6 is 0 Å². The van der Waals surface area contributed by atoms with Gasteiger partial charge in [-0.05, 0) is 41.5 Å². The first-order valence-electron chi connectivity index (χ1n) is 6.37. The number of hydrogen-bond donors (Lipinski definition) is 1. The van der Waals surface area contributed by atoms with E-state index >= 15 is 0 Å². The molecule has 0 radical (unpaired) electrons. The van der Waals surface area contributed by atoms with Crippen LogP contribution in [-0.2, 0) is 0 Å². The van der Waals surface area contributed by atoms with Gasteiger partial charge in [0.25, 0.3) is 0 Å². The minimum atomic E-state index is -0.939. The molecule has 4 nitrogen and oxygen atoms in total. The summed E-state index contributed by atoms with van der Waals surface area (Å²) >= 11 is 0. The molecule has 3 aromatic rings. The highest BCUT2D eigenvalue weighted by atomic mass is 16.4. The molecular weight excluding hydrogens is 266 g/mol. The van der Waals surface area contributed by atoms with Crippen molar-refractivity contribution in [3.8, 4) is 11.1 Å². The number of nitrogens with zero attached hydrogens (tertiary/aromatic N) is 1. The van der Waals surface area contributed by atoms with E-state index in [-0.39, 0.29) is 5.56 Å². The van der Waals surface area contributed by atoms with Crippen molar-refractivity contribution in [3.63, 3.8) is 0 Å². The number of carbonyl (C=O) groups excluding carboxylic acids is 1. The van der Waals surface area contributed by atoms with Crippen LogP contribution in [0.4, 0.5) is 0 Å². The number of pyridine rings is 1. The fourth-order valence-electron chi connectivity index (χ4n) is 2.19. The lowest BCUT2D eigenvalue weighted by Crippen LogP contribution is -1.95. The highest BCUT2D eigenvalue weighted by Crippen LogP contribution is 2.24. The third-order valence-electron chi connectivity index (χ3n) is 3.30. The second kappa shape index (κ2) is 5.17. The van der Waals surface area contributed by atoms with Crippen LogP contribution in [0.3, 0.4) is 0 Å². The Bertz CT molecular complexity index is 838. The lowest BCUT2D eigenvalue weighted by molar-refractivity contribution is 0.0696. The van der Waals surface area contributed by atoms with Crippen molar-refractivity contribution in [3.05, 3.63) is 65.9 Å². The molecule has 1 heterocycles. The van der Waals surface area contributed by atoms with Gasteiger partial charge in [0, 0.05) is 5.39 Å². The molecule has 0 aliphatic carbocycles. The Morgan fingerprint density at radius 1 is 0.952 bits per heavy atom. The molecule has 0 bridgehead atoms. The van der Waals surface area contributed by atoms with Gasteiger partial charge in [-0.25, -0.2) is 9.78 Å². The lowest BCUT2D eigenvalue weighted by atomic mass is 10.0. The van der Waals surface area contributed by atoms with Gasteiger partial charge in [0.05, 0.1) is 11.1 Å². The predicted octanol–water partition coefficient (Wildman–Crippen LogP) is 3.41. The van der Waals surface area contributed by atoms with Gasteiger partial charge in [-0.3, -0.25) is 4.79 Å². The van der Waals surface area contributed by atoms with Gasteiger partial charge >= 0.3 is 5.97 Å². The van der Waals surface area contributed by atoms with Crippen LogP contribution in [0.15, 0.2) is 54.6 Å². The van der Waals surface area contributed by atoms with Crippen molar-refractivity contribution >= 4 is 23.2 Å². The van der Waals surface area contributed by atoms with Gasteiger partial charge in [0.2, 0.25) is 0 Å². The largest absolute Gasteiger partial charge is 0.478 e. The van der Waals surface area contributed by atoms with Crippen LogP contribution < -0.4 is 0 Å². The SMILES string of the molecule is O=Cc1ccc2cc(-c3ccc(C(=O)O)cc3)ccc2n1. The van der Waals surface area contributed by atoms with Crippen LogP contribution in [0.2, 0.25) is 0 Å². The second-order valence-corrected chi connectivity index (χ2v) is 4.64. The first-order chi connectivity index (χ1) is 10.2. The summed E-state index contributed by atoms with van der Waals surface area (Å²) in [5.74, 6) is -0.939. The fraction of sp³-hybridized carbons (Fsp3) is 0. The third-order valence-corrected chi connectivity index (χ3v) is 3.30. The first kappa shape index (κ1) is 13.0. The Kier molecular flexibility index (Phi) is 3.20. The number of rotatable bonds is 3. The van der Waals surface area contributed by atoms with E-state index in [2.05, 4.69) is 4.98 Å². The molecule has 21 heavy (non-hydrogen) atoms. The van der Waals surface area contributed by atoms with Crippen LogP contribution in [0, 0.1) is 0 Å². The van der Waals surface area contributed by atoms with Gasteiger partial charge < -0.3 is 5.11 Å². The van der Waals surface area contributed by atoms with Gasteiger partial charge in [-0.1, -0.05) is 24.3 Å². The van der Waals surface area contributed by atoms with Crippen molar-refractivity contribution < 1.29 is 14.7 Å². The van der Waals surface area contributed by atoms with E-state index in [1.807, 2.05) is 24.3 Å². The van der Waals surface area contributed by atoms with Crippen molar-refractivity contribution in [2.24, 2.45) is 0 Å². The molecule has 0 aliphatic rings. The average Bonchev–Trinajstić information content (AvgIpc) is 2.54. The Morgan fingerprint density at radius 2 is 1.67 bits per heavy atom. The van der Waals surface area contributed by atoms with E-state index in [1.165, 1.54) is 0 Å². The van der Waals surface area contributed by atoms with E-state index in [9.17, 15) is 9.59 Å². The molecule has 0 saturated heterocycles. The van der Waals surface area contributed by atoms with Crippen molar-refractivity contribution in [2.45, 2.75) is 0 Å². The number of hydrogen-bond acceptors (Lipinski definition) is 3. The highest BCUT2D eigenvalue weighted by Gasteiger charge is 2.05. The summed E-state index contributed by atoms with van der Waals surface area (Å²) in [6, 6.07) is 15.9. The van der Waals surface area contributed by atoms with Gasteiger partial charge in [-0.15, -0.1) is 0 Å². The Morgan fingerprint density at radius 3 is 2.33 bits per heavy atom. The monoisotopic (exact) mass is 277 g/mol. The van der Waals surface area contributed by atoms with Crippen molar-refractivity contribution in [1.29, 1.82) is 0 Å². The third kappa shape index (κ3) is 2.51. The number of aldehydes is 1. The molecule has 0 fully saturated rings. The minimum absolute atomic E-state index is 0.261.